The number of rotatable bonds is 7. The van der Waals surface area contributed by atoms with E-state index in [1.165, 1.54) is 17.3 Å². The number of hydrogen-bond acceptors (Lipinski definition) is 5. The number of amides is 1. The van der Waals surface area contributed by atoms with E-state index in [-0.39, 0.29) is 12.5 Å². The van der Waals surface area contributed by atoms with E-state index in [2.05, 4.69) is 39.8 Å². The first-order chi connectivity index (χ1) is 16.9. The number of aliphatic imine (C=N–C) groups is 1. The third-order valence-corrected chi connectivity index (χ3v) is 7.46. The maximum absolute atomic E-state index is 12.5. The number of nitrogens with zero attached hydrogens (tertiary/aromatic N) is 1. The molecule has 1 fully saturated rings. The zero-order valence-corrected chi connectivity index (χ0v) is 23.4. The molecule has 0 spiro atoms. The number of ether oxygens (including phenoxy) is 2. The largest absolute Gasteiger partial charge is 0.493 e. The zero-order valence-electron chi connectivity index (χ0n) is 18.9. The van der Waals surface area contributed by atoms with E-state index in [1.54, 1.807) is 19.2 Å². The van der Waals surface area contributed by atoms with E-state index in [0.717, 1.165) is 26.8 Å². The van der Waals surface area contributed by atoms with Crippen molar-refractivity contribution in [1.29, 1.82) is 0 Å². The highest BCUT2D eigenvalue weighted by Crippen LogP contribution is 2.37. The molecule has 0 aromatic heterocycles. The summed E-state index contributed by atoms with van der Waals surface area (Å²) in [6.07, 6.45) is 2.78. The van der Waals surface area contributed by atoms with Gasteiger partial charge >= 0.3 is 0 Å². The minimum absolute atomic E-state index is 0.189. The van der Waals surface area contributed by atoms with Crippen LogP contribution in [0.15, 0.2) is 64.5 Å². The first-order valence-electron chi connectivity index (χ1n) is 10.7. The van der Waals surface area contributed by atoms with Gasteiger partial charge in [0, 0.05) is 15.6 Å². The zero-order chi connectivity index (χ0) is 24.9. The number of thioether (sulfide) groups is 1. The molecule has 0 aliphatic carbocycles. The summed E-state index contributed by atoms with van der Waals surface area (Å²) in [7, 11) is 1.58. The SMILES string of the molecule is CCc1ccc(N=C2NC(=O)/C(=C/c3cc(I)c(OCc4ccc(Cl)cc4Cl)c(OC)c3)S2)cc1. The number of carbonyl (C=O) groups is 1. The molecule has 1 aliphatic rings. The third-order valence-electron chi connectivity index (χ3n) is 5.16. The van der Waals surface area contributed by atoms with Gasteiger partial charge in [-0.05, 0) is 94.4 Å². The average Bonchev–Trinajstić information content (AvgIpc) is 3.17. The Balaban J connectivity index is 1.52. The summed E-state index contributed by atoms with van der Waals surface area (Å²) < 4.78 is 12.4. The molecule has 3 aromatic rings. The summed E-state index contributed by atoms with van der Waals surface area (Å²) in [5.41, 5.74) is 3.67. The predicted octanol–water partition coefficient (Wildman–Crippen LogP) is 7.64. The van der Waals surface area contributed by atoms with Crippen molar-refractivity contribution < 1.29 is 14.3 Å². The first kappa shape index (κ1) is 25.9. The van der Waals surface area contributed by atoms with E-state index in [4.69, 9.17) is 32.7 Å². The van der Waals surface area contributed by atoms with Gasteiger partial charge in [0.2, 0.25) is 0 Å². The van der Waals surface area contributed by atoms with E-state index in [1.807, 2.05) is 48.5 Å². The van der Waals surface area contributed by atoms with Gasteiger partial charge in [-0.2, -0.15) is 0 Å². The Labute approximate surface area is 232 Å². The number of amidine groups is 1. The average molecular weight is 639 g/mol. The molecule has 3 aromatic carbocycles. The molecule has 1 N–H and O–H groups in total. The molecule has 0 bridgehead atoms. The lowest BCUT2D eigenvalue weighted by Crippen LogP contribution is -2.19. The number of hydrogen-bond donors (Lipinski definition) is 1. The van der Waals surface area contributed by atoms with Gasteiger partial charge in [0.05, 0.1) is 21.3 Å². The second-order valence-electron chi connectivity index (χ2n) is 7.56. The fourth-order valence-electron chi connectivity index (χ4n) is 3.31. The number of nitrogens with one attached hydrogen (secondary N) is 1. The van der Waals surface area contributed by atoms with E-state index < -0.39 is 0 Å². The molecular weight excluding hydrogens is 618 g/mol. The third kappa shape index (κ3) is 6.52. The van der Waals surface area contributed by atoms with Crippen LogP contribution in [-0.2, 0) is 17.8 Å². The Kier molecular flexibility index (Phi) is 8.64. The van der Waals surface area contributed by atoms with Gasteiger partial charge in [-0.15, -0.1) is 0 Å². The Morgan fingerprint density at radius 3 is 2.57 bits per heavy atom. The van der Waals surface area contributed by atoms with Crippen LogP contribution in [0.4, 0.5) is 5.69 Å². The number of benzene rings is 3. The smallest absolute Gasteiger partial charge is 0.264 e. The van der Waals surface area contributed by atoms with Crippen LogP contribution in [0.5, 0.6) is 11.5 Å². The van der Waals surface area contributed by atoms with E-state index >= 15 is 0 Å². The minimum Gasteiger partial charge on any atom is -0.493 e. The lowest BCUT2D eigenvalue weighted by molar-refractivity contribution is -0.115. The Bertz CT molecular complexity index is 1330. The van der Waals surface area contributed by atoms with E-state index in [0.29, 0.717) is 31.6 Å². The molecule has 180 valence electrons. The number of carbonyl (C=O) groups excluding carboxylic acids is 1. The van der Waals surface area contributed by atoms with Gasteiger partial charge in [0.25, 0.3) is 5.91 Å². The maximum atomic E-state index is 12.5. The van der Waals surface area contributed by atoms with Crippen molar-refractivity contribution in [3.8, 4) is 11.5 Å². The van der Waals surface area contributed by atoms with Crippen LogP contribution < -0.4 is 14.8 Å². The van der Waals surface area contributed by atoms with Gasteiger partial charge in [0.1, 0.15) is 6.61 Å². The lowest BCUT2D eigenvalue weighted by Gasteiger charge is -2.14. The maximum Gasteiger partial charge on any atom is 0.264 e. The molecule has 1 amide bonds. The van der Waals surface area contributed by atoms with Crippen molar-refractivity contribution in [1.82, 2.24) is 5.32 Å². The fourth-order valence-corrected chi connectivity index (χ4v) is 5.39. The number of methoxy groups -OCH3 is 1. The first-order valence-corrected chi connectivity index (χ1v) is 13.3. The van der Waals surface area contributed by atoms with Crippen LogP contribution in [0.1, 0.15) is 23.6 Å². The van der Waals surface area contributed by atoms with E-state index in [9.17, 15) is 4.79 Å². The Hall–Kier alpha value is -2.20. The molecule has 9 heteroatoms. The number of aryl methyl sites for hydroxylation is 1. The molecule has 1 saturated heterocycles. The van der Waals surface area contributed by atoms with Crippen molar-refractivity contribution in [2.45, 2.75) is 20.0 Å². The van der Waals surface area contributed by atoms with Gasteiger partial charge in [-0.25, -0.2) is 4.99 Å². The van der Waals surface area contributed by atoms with Crippen molar-refractivity contribution >= 4 is 80.4 Å². The standard InChI is InChI=1S/C26H21Cl2IN2O3S/c1-3-15-4-8-19(9-5-15)30-26-31-25(32)23(35-26)12-16-10-21(29)24(22(11-16)33-2)34-14-17-6-7-18(27)13-20(17)28/h4-13H,3,14H2,1-2H3,(H,30,31,32)/b23-12-. The predicted molar refractivity (Wildman–Crippen MR) is 153 cm³/mol. The van der Waals surface area contributed by atoms with Crippen molar-refractivity contribution in [2.75, 3.05) is 7.11 Å². The highest BCUT2D eigenvalue weighted by Gasteiger charge is 2.24. The Morgan fingerprint density at radius 1 is 1.11 bits per heavy atom. The summed E-state index contributed by atoms with van der Waals surface area (Å²) >= 11 is 15.7. The molecule has 35 heavy (non-hydrogen) atoms. The normalized spacial score (nSPS) is 15.5. The molecular formula is C26H21Cl2IN2O3S. The van der Waals surface area contributed by atoms with Crippen LogP contribution in [0, 0.1) is 3.57 Å². The van der Waals surface area contributed by atoms with Gasteiger partial charge in [-0.3, -0.25) is 4.79 Å². The molecule has 5 nitrogen and oxygen atoms in total. The number of halogens is 3. The molecule has 1 heterocycles. The van der Waals surface area contributed by atoms with Gasteiger partial charge in [0.15, 0.2) is 16.7 Å². The molecule has 0 atom stereocenters. The van der Waals surface area contributed by atoms with Crippen LogP contribution in [0.3, 0.4) is 0 Å². The second-order valence-corrected chi connectivity index (χ2v) is 10.6. The lowest BCUT2D eigenvalue weighted by atomic mass is 10.1. The summed E-state index contributed by atoms with van der Waals surface area (Å²) in [4.78, 5) is 17.6. The summed E-state index contributed by atoms with van der Waals surface area (Å²) in [6.45, 7) is 2.37. The monoisotopic (exact) mass is 638 g/mol. The van der Waals surface area contributed by atoms with Crippen molar-refractivity contribution in [2.24, 2.45) is 4.99 Å². The highest BCUT2D eigenvalue weighted by molar-refractivity contribution is 14.1. The minimum atomic E-state index is -0.189. The molecule has 0 unspecified atom stereocenters. The summed E-state index contributed by atoms with van der Waals surface area (Å²) in [5.74, 6) is 0.968. The fraction of sp³-hybridized carbons (Fsp3) is 0.154. The highest BCUT2D eigenvalue weighted by atomic mass is 127. The molecule has 0 saturated carbocycles. The Morgan fingerprint density at radius 2 is 1.89 bits per heavy atom. The van der Waals surface area contributed by atoms with Crippen LogP contribution >= 0.6 is 57.6 Å². The van der Waals surface area contributed by atoms with Gasteiger partial charge < -0.3 is 14.8 Å². The molecule has 1 aliphatic heterocycles. The van der Waals surface area contributed by atoms with Crippen molar-refractivity contribution in [3.63, 3.8) is 0 Å². The topological polar surface area (TPSA) is 59.9 Å². The van der Waals surface area contributed by atoms with Crippen LogP contribution in [0.2, 0.25) is 10.0 Å². The van der Waals surface area contributed by atoms with Crippen molar-refractivity contribution in [3.05, 3.63) is 89.8 Å². The molecule has 4 rings (SSSR count). The van der Waals surface area contributed by atoms with Crippen LogP contribution in [-0.4, -0.2) is 18.2 Å². The second kappa shape index (κ2) is 11.7. The molecule has 0 radical (unpaired) electrons. The summed E-state index contributed by atoms with van der Waals surface area (Å²) in [6, 6.07) is 17.0. The summed E-state index contributed by atoms with van der Waals surface area (Å²) in [5, 5.41) is 4.48. The van der Waals surface area contributed by atoms with Gasteiger partial charge in [-0.1, -0.05) is 48.3 Å². The quantitative estimate of drug-likeness (QED) is 0.213. The van der Waals surface area contributed by atoms with Crippen LogP contribution in [0.25, 0.3) is 6.08 Å².